The minimum Gasteiger partial charge on any atom is -0.392 e. The summed E-state index contributed by atoms with van der Waals surface area (Å²) in [4.78, 5) is 28.4. The molecule has 142 valence electrons. The number of amides is 2. The van der Waals surface area contributed by atoms with Crippen LogP contribution in [0.25, 0.3) is 0 Å². The Morgan fingerprint density at radius 3 is 2.62 bits per heavy atom. The molecule has 0 bridgehead atoms. The first-order chi connectivity index (χ1) is 12.7. The van der Waals surface area contributed by atoms with Gasteiger partial charge in [-0.25, -0.2) is 0 Å². The molecule has 2 fully saturated rings. The lowest BCUT2D eigenvalue weighted by molar-refractivity contribution is -0.133. The summed E-state index contributed by atoms with van der Waals surface area (Å²) in [6, 6.07) is 8.07. The predicted octanol–water partition coefficient (Wildman–Crippen LogP) is 2.36. The van der Waals surface area contributed by atoms with E-state index in [1.54, 1.807) is 0 Å². The summed E-state index contributed by atoms with van der Waals surface area (Å²) in [5, 5.41) is 9.12. The van der Waals surface area contributed by atoms with Gasteiger partial charge >= 0.3 is 0 Å². The van der Waals surface area contributed by atoms with Gasteiger partial charge < -0.3 is 14.9 Å². The van der Waals surface area contributed by atoms with Crippen LogP contribution in [0.2, 0.25) is 0 Å². The third kappa shape index (κ3) is 5.07. The number of aliphatic hydroxyl groups excluding tert-OH is 1. The first-order valence-corrected chi connectivity index (χ1v) is 9.90. The van der Waals surface area contributed by atoms with E-state index in [0.717, 1.165) is 57.3 Å². The fourth-order valence-corrected chi connectivity index (χ4v) is 4.00. The molecule has 1 aromatic rings. The first kappa shape index (κ1) is 18.9. The van der Waals surface area contributed by atoms with Crippen LogP contribution in [0.1, 0.15) is 49.7 Å². The number of carbonyl (C=O) groups excluding carboxylic acids is 2. The number of aliphatic hydroxyl groups is 1. The third-order valence-electron chi connectivity index (χ3n) is 5.64. The van der Waals surface area contributed by atoms with Crippen molar-refractivity contribution in [3.8, 4) is 0 Å². The van der Waals surface area contributed by atoms with Gasteiger partial charge in [-0.15, -0.1) is 0 Å². The highest BCUT2D eigenvalue weighted by Gasteiger charge is 2.27. The number of hydrogen-bond acceptors (Lipinski definition) is 3. The maximum absolute atomic E-state index is 12.5. The quantitative estimate of drug-likeness (QED) is 0.849. The molecule has 26 heavy (non-hydrogen) atoms. The zero-order valence-electron chi connectivity index (χ0n) is 15.5. The summed E-state index contributed by atoms with van der Waals surface area (Å²) < 4.78 is 0. The molecule has 3 rings (SSSR count). The van der Waals surface area contributed by atoms with E-state index in [1.165, 1.54) is 5.56 Å². The highest BCUT2D eigenvalue weighted by atomic mass is 16.3. The molecule has 5 heteroatoms. The Bertz CT molecular complexity index is 614. The third-order valence-corrected chi connectivity index (χ3v) is 5.64. The zero-order chi connectivity index (χ0) is 18.4. The van der Waals surface area contributed by atoms with Crippen LogP contribution in [0, 0.1) is 5.92 Å². The monoisotopic (exact) mass is 358 g/mol. The Labute approximate surface area is 156 Å². The molecule has 1 aromatic carbocycles. The second-order valence-electron chi connectivity index (χ2n) is 7.61. The van der Waals surface area contributed by atoms with Gasteiger partial charge in [0, 0.05) is 39.0 Å². The number of hydrogen-bond donors (Lipinski definition) is 1. The first-order valence-electron chi connectivity index (χ1n) is 9.90. The van der Waals surface area contributed by atoms with Gasteiger partial charge in [0.05, 0.1) is 6.61 Å². The minimum absolute atomic E-state index is 0.0749. The molecule has 2 heterocycles. The summed E-state index contributed by atoms with van der Waals surface area (Å²) in [5.41, 5.74) is 2.19. The molecule has 5 nitrogen and oxygen atoms in total. The minimum atomic E-state index is 0.0749. The maximum Gasteiger partial charge on any atom is 0.224 e. The molecule has 2 aliphatic rings. The molecule has 0 unspecified atom stereocenters. The average Bonchev–Trinajstić information content (AvgIpc) is 3.02. The van der Waals surface area contributed by atoms with Crippen molar-refractivity contribution in [2.45, 2.75) is 51.6 Å². The van der Waals surface area contributed by atoms with Gasteiger partial charge in [0.2, 0.25) is 11.8 Å². The lowest BCUT2D eigenvalue weighted by atomic mass is 9.98. The van der Waals surface area contributed by atoms with Crippen LogP contribution in [-0.4, -0.2) is 52.9 Å². The molecule has 0 aliphatic carbocycles. The van der Waals surface area contributed by atoms with E-state index < -0.39 is 0 Å². The second kappa shape index (κ2) is 9.17. The number of carbonyl (C=O) groups is 2. The van der Waals surface area contributed by atoms with E-state index in [0.29, 0.717) is 25.3 Å². The standard InChI is InChI=1S/C21H30N2O3/c24-16-18-7-5-17(6-8-18)14-19-9-12-23(15-19)21(26)10-13-22-11-3-1-2-4-20(22)25/h5-8,19,24H,1-4,9-16H2/t19-/m1/s1. The Balaban J connectivity index is 1.43. The Kier molecular flexibility index (Phi) is 6.67. The molecular formula is C21H30N2O3. The van der Waals surface area contributed by atoms with Crippen molar-refractivity contribution in [3.63, 3.8) is 0 Å². The normalized spacial score (nSPS) is 21.1. The van der Waals surface area contributed by atoms with Crippen molar-refractivity contribution in [3.05, 3.63) is 35.4 Å². The summed E-state index contributed by atoms with van der Waals surface area (Å²) in [6.07, 6.45) is 6.25. The second-order valence-corrected chi connectivity index (χ2v) is 7.61. The topological polar surface area (TPSA) is 60.9 Å². The van der Waals surface area contributed by atoms with Gasteiger partial charge in [0.15, 0.2) is 0 Å². The number of likely N-dealkylation sites (tertiary alicyclic amines) is 2. The maximum atomic E-state index is 12.5. The van der Waals surface area contributed by atoms with E-state index in [1.807, 2.05) is 21.9 Å². The smallest absolute Gasteiger partial charge is 0.224 e. The van der Waals surface area contributed by atoms with E-state index >= 15 is 0 Å². The zero-order valence-corrected chi connectivity index (χ0v) is 15.5. The van der Waals surface area contributed by atoms with Crippen LogP contribution in [0.5, 0.6) is 0 Å². The molecular weight excluding hydrogens is 328 g/mol. The molecule has 2 amide bonds. The summed E-state index contributed by atoms with van der Waals surface area (Å²) >= 11 is 0. The Morgan fingerprint density at radius 1 is 1.08 bits per heavy atom. The van der Waals surface area contributed by atoms with Crippen molar-refractivity contribution < 1.29 is 14.7 Å². The van der Waals surface area contributed by atoms with Crippen molar-refractivity contribution in [2.24, 2.45) is 5.92 Å². The summed E-state index contributed by atoms with van der Waals surface area (Å²) in [6.45, 7) is 3.09. The molecule has 1 atom stereocenters. The van der Waals surface area contributed by atoms with Crippen molar-refractivity contribution in [1.82, 2.24) is 9.80 Å². The molecule has 0 aromatic heterocycles. The van der Waals surface area contributed by atoms with Gasteiger partial charge in [0.25, 0.3) is 0 Å². The van der Waals surface area contributed by atoms with E-state index in [4.69, 9.17) is 5.11 Å². The van der Waals surface area contributed by atoms with Crippen LogP contribution in [0.15, 0.2) is 24.3 Å². The highest BCUT2D eigenvalue weighted by Crippen LogP contribution is 2.22. The molecule has 0 saturated carbocycles. The van der Waals surface area contributed by atoms with Crippen LogP contribution in [-0.2, 0) is 22.6 Å². The highest BCUT2D eigenvalue weighted by molar-refractivity contribution is 5.79. The lowest BCUT2D eigenvalue weighted by Crippen LogP contribution is -2.36. The van der Waals surface area contributed by atoms with Crippen LogP contribution in [0.3, 0.4) is 0 Å². The Morgan fingerprint density at radius 2 is 1.85 bits per heavy atom. The average molecular weight is 358 g/mol. The molecule has 2 saturated heterocycles. The largest absolute Gasteiger partial charge is 0.392 e. The number of rotatable bonds is 6. The molecule has 0 radical (unpaired) electrons. The van der Waals surface area contributed by atoms with Gasteiger partial charge in [-0.05, 0) is 42.7 Å². The fourth-order valence-electron chi connectivity index (χ4n) is 4.00. The van der Waals surface area contributed by atoms with Gasteiger partial charge in [-0.2, -0.15) is 0 Å². The van der Waals surface area contributed by atoms with Gasteiger partial charge in [0.1, 0.15) is 0 Å². The van der Waals surface area contributed by atoms with Gasteiger partial charge in [-0.3, -0.25) is 9.59 Å². The molecule has 0 spiro atoms. The summed E-state index contributed by atoms with van der Waals surface area (Å²) in [7, 11) is 0. The summed E-state index contributed by atoms with van der Waals surface area (Å²) in [5.74, 6) is 0.889. The van der Waals surface area contributed by atoms with E-state index in [9.17, 15) is 9.59 Å². The van der Waals surface area contributed by atoms with E-state index in [-0.39, 0.29) is 18.4 Å². The molecule has 2 aliphatic heterocycles. The molecule has 1 N–H and O–H groups in total. The van der Waals surface area contributed by atoms with Crippen LogP contribution < -0.4 is 0 Å². The lowest BCUT2D eigenvalue weighted by Gasteiger charge is -2.22. The predicted molar refractivity (Wildman–Crippen MR) is 100 cm³/mol. The van der Waals surface area contributed by atoms with Crippen LogP contribution in [0.4, 0.5) is 0 Å². The fraction of sp³-hybridized carbons (Fsp3) is 0.619. The van der Waals surface area contributed by atoms with Crippen molar-refractivity contribution in [2.75, 3.05) is 26.2 Å². The van der Waals surface area contributed by atoms with Crippen LogP contribution >= 0.6 is 0 Å². The van der Waals surface area contributed by atoms with E-state index in [2.05, 4.69) is 12.1 Å². The van der Waals surface area contributed by atoms with Gasteiger partial charge in [-0.1, -0.05) is 30.7 Å². The number of benzene rings is 1. The van der Waals surface area contributed by atoms with Crippen molar-refractivity contribution in [1.29, 1.82) is 0 Å². The SMILES string of the molecule is O=C1CCCCCN1CCC(=O)N1CC[C@H](Cc2ccc(CO)cc2)C1. The Hall–Kier alpha value is -1.88. The van der Waals surface area contributed by atoms with Crippen molar-refractivity contribution >= 4 is 11.8 Å². The number of nitrogens with zero attached hydrogens (tertiary/aromatic N) is 2.